The fourth-order valence-electron chi connectivity index (χ4n) is 1.66. The van der Waals surface area contributed by atoms with Gasteiger partial charge in [0.1, 0.15) is 0 Å². The molecule has 0 aromatic carbocycles. The molecule has 1 aromatic rings. The molecule has 60 valence electrons. The van der Waals surface area contributed by atoms with Gasteiger partial charge in [0.05, 0.1) is 6.33 Å². The van der Waals surface area contributed by atoms with Crippen LogP contribution in [0.15, 0.2) is 12.5 Å². The molecule has 0 saturated carbocycles. The van der Waals surface area contributed by atoms with Gasteiger partial charge >= 0.3 is 0 Å². The van der Waals surface area contributed by atoms with Crippen molar-refractivity contribution in [2.24, 2.45) is 0 Å². The van der Waals surface area contributed by atoms with Crippen molar-refractivity contribution in [3.05, 3.63) is 18.2 Å². The van der Waals surface area contributed by atoms with Crippen molar-refractivity contribution in [2.45, 2.75) is 25.3 Å². The highest BCUT2D eigenvalue weighted by molar-refractivity contribution is 6.18. The molecule has 0 saturated heterocycles. The Morgan fingerprint density at radius 1 is 1.73 bits per heavy atom. The SMILES string of the molecule is ClC[C@@H]1CCCc2cncn21. The maximum Gasteiger partial charge on any atom is 0.0951 e. The summed E-state index contributed by atoms with van der Waals surface area (Å²) in [5.74, 6) is 0.712. The number of rotatable bonds is 1. The Kier molecular flexibility index (Phi) is 1.86. The first-order chi connectivity index (χ1) is 5.42. The van der Waals surface area contributed by atoms with E-state index in [9.17, 15) is 0 Å². The van der Waals surface area contributed by atoms with E-state index in [1.165, 1.54) is 18.5 Å². The number of imidazole rings is 1. The first-order valence-corrected chi connectivity index (χ1v) is 4.52. The Bertz CT molecular complexity index is 244. The summed E-state index contributed by atoms with van der Waals surface area (Å²) in [5, 5.41) is 0. The van der Waals surface area contributed by atoms with E-state index in [0.29, 0.717) is 11.9 Å². The molecule has 0 N–H and O–H groups in total. The van der Waals surface area contributed by atoms with Gasteiger partial charge in [-0.2, -0.15) is 0 Å². The highest BCUT2D eigenvalue weighted by atomic mass is 35.5. The van der Waals surface area contributed by atoms with Crippen LogP contribution in [0.1, 0.15) is 24.6 Å². The lowest BCUT2D eigenvalue weighted by Gasteiger charge is -2.23. The molecule has 11 heavy (non-hydrogen) atoms. The average molecular weight is 171 g/mol. The average Bonchev–Trinajstić information content (AvgIpc) is 2.50. The molecule has 0 spiro atoms. The second-order valence-corrected chi connectivity index (χ2v) is 3.30. The van der Waals surface area contributed by atoms with Gasteiger partial charge in [-0.3, -0.25) is 0 Å². The van der Waals surface area contributed by atoms with Gasteiger partial charge in [-0.15, -0.1) is 11.6 Å². The Labute approximate surface area is 71.2 Å². The van der Waals surface area contributed by atoms with E-state index in [4.69, 9.17) is 11.6 Å². The molecular formula is C8H11ClN2. The second-order valence-electron chi connectivity index (χ2n) is 2.99. The predicted octanol–water partition coefficient (Wildman–Crippen LogP) is 2.00. The van der Waals surface area contributed by atoms with Crippen LogP contribution in [0.4, 0.5) is 0 Å². The first kappa shape index (κ1) is 7.17. The third kappa shape index (κ3) is 1.16. The van der Waals surface area contributed by atoms with Crippen LogP contribution in [0.25, 0.3) is 0 Å². The topological polar surface area (TPSA) is 17.8 Å². The van der Waals surface area contributed by atoms with Gasteiger partial charge in [0, 0.05) is 23.8 Å². The summed E-state index contributed by atoms with van der Waals surface area (Å²) in [6.45, 7) is 0. The van der Waals surface area contributed by atoms with Crippen molar-refractivity contribution < 1.29 is 0 Å². The van der Waals surface area contributed by atoms with Gasteiger partial charge in [0.25, 0.3) is 0 Å². The lowest BCUT2D eigenvalue weighted by atomic mass is 10.0. The maximum absolute atomic E-state index is 5.82. The first-order valence-electron chi connectivity index (χ1n) is 3.98. The summed E-state index contributed by atoms with van der Waals surface area (Å²) in [7, 11) is 0. The van der Waals surface area contributed by atoms with Crippen LogP contribution in [0, 0.1) is 0 Å². The molecule has 0 amide bonds. The van der Waals surface area contributed by atoms with Crippen molar-refractivity contribution in [1.29, 1.82) is 0 Å². The Hall–Kier alpha value is -0.500. The fourth-order valence-corrected chi connectivity index (χ4v) is 1.97. The molecule has 2 rings (SSSR count). The summed E-state index contributed by atoms with van der Waals surface area (Å²) in [4.78, 5) is 4.11. The van der Waals surface area contributed by atoms with Gasteiger partial charge in [-0.1, -0.05) is 0 Å². The molecule has 1 aliphatic rings. The Balaban J connectivity index is 2.32. The number of aryl methyl sites for hydroxylation is 1. The number of alkyl halides is 1. The smallest absolute Gasteiger partial charge is 0.0951 e. The highest BCUT2D eigenvalue weighted by Gasteiger charge is 2.17. The highest BCUT2D eigenvalue weighted by Crippen LogP contribution is 2.24. The van der Waals surface area contributed by atoms with Crippen molar-refractivity contribution in [2.75, 3.05) is 5.88 Å². The molecule has 1 atom stereocenters. The zero-order valence-corrected chi connectivity index (χ0v) is 7.09. The van der Waals surface area contributed by atoms with Crippen LogP contribution < -0.4 is 0 Å². The molecule has 0 fully saturated rings. The molecule has 0 aliphatic carbocycles. The Morgan fingerprint density at radius 2 is 2.64 bits per heavy atom. The third-order valence-corrected chi connectivity index (χ3v) is 2.64. The maximum atomic E-state index is 5.82. The lowest BCUT2D eigenvalue weighted by molar-refractivity contribution is 0.436. The summed E-state index contributed by atoms with van der Waals surface area (Å²) >= 11 is 5.82. The van der Waals surface area contributed by atoms with E-state index in [-0.39, 0.29) is 0 Å². The van der Waals surface area contributed by atoms with Crippen LogP contribution in [-0.2, 0) is 6.42 Å². The summed E-state index contributed by atoms with van der Waals surface area (Å²) in [6.07, 6.45) is 7.45. The summed E-state index contributed by atoms with van der Waals surface area (Å²) in [5.41, 5.74) is 1.34. The minimum absolute atomic E-state index is 0.489. The summed E-state index contributed by atoms with van der Waals surface area (Å²) < 4.78 is 2.20. The van der Waals surface area contributed by atoms with Crippen LogP contribution in [0.5, 0.6) is 0 Å². The zero-order valence-electron chi connectivity index (χ0n) is 6.33. The van der Waals surface area contributed by atoms with Crippen LogP contribution >= 0.6 is 11.6 Å². The number of halogens is 1. The standard InChI is InChI=1S/C8H11ClN2/c9-4-7-2-1-3-8-5-10-6-11(7)8/h5-7H,1-4H2/t7-/m0/s1. The van der Waals surface area contributed by atoms with E-state index in [1.807, 2.05) is 12.5 Å². The van der Waals surface area contributed by atoms with E-state index in [0.717, 1.165) is 6.42 Å². The van der Waals surface area contributed by atoms with Crippen molar-refractivity contribution >= 4 is 11.6 Å². The number of aromatic nitrogens is 2. The molecule has 0 bridgehead atoms. The van der Waals surface area contributed by atoms with E-state index >= 15 is 0 Å². The lowest BCUT2D eigenvalue weighted by Crippen LogP contribution is -2.17. The molecule has 1 aromatic heterocycles. The number of nitrogens with zero attached hydrogens (tertiary/aromatic N) is 2. The molecule has 3 heteroatoms. The predicted molar refractivity (Wildman–Crippen MR) is 44.9 cm³/mol. The quantitative estimate of drug-likeness (QED) is 0.590. The van der Waals surface area contributed by atoms with E-state index in [1.54, 1.807) is 0 Å². The van der Waals surface area contributed by atoms with E-state index in [2.05, 4.69) is 9.55 Å². The molecule has 0 unspecified atom stereocenters. The minimum atomic E-state index is 0.489. The Morgan fingerprint density at radius 3 is 3.45 bits per heavy atom. The number of hydrogen-bond acceptors (Lipinski definition) is 1. The normalized spacial score (nSPS) is 23.2. The van der Waals surface area contributed by atoms with Crippen molar-refractivity contribution in [3.63, 3.8) is 0 Å². The van der Waals surface area contributed by atoms with Crippen LogP contribution in [0.2, 0.25) is 0 Å². The third-order valence-electron chi connectivity index (χ3n) is 2.29. The van der Waals surface area contributed by atoms with Gasteiger partial charge in [-0.05, 0) is 19.3 Å². The van der Waals surface area contributed by atoms with Crippen molar-refractivity contribution in [3.8, 4) is 0 Å². The number of fused-ring (bicyclic) bond motifs is 1. The number of hydrogen-bond donors (Lipinski definition) is 0. The van der Waals surface area contributed by atoms with Gasteiger partial charge in [-0.25, -0.2) is 4.98 Å². The largest absolute Gasteiger partial charge is 0.330 e. The van der Waals surface area contributed by atoms with Crippen LogP contribution in [0.3, 0.4) is 0 Å². The molecule has 2 nitrogen and oxygen atoms in total. The molecule has 0 radical (unpaired) electrons. The summed E-state index contributed by atoms with van der Waals surface area (Å²) in [6, 6.07) is 0.489. The second kappa shape index (κ2) is 2.86. The van der Waals surface area contributed by atoms with Crippen molar-refractivity contribution in [1.82, 2.24) is 9.55 Å². The van der Waals surface area contributed by atoms with E-state index < -0.39 is 0 Å². The van der Waals surface area contributed by atoms with Crippen LogP contribution in [-0.4, -0.2) is 15.4 Å². The molecular weight excluding hydrogens is 160 g/mol. The zero-order chi connectivity index (χ0) is 7.68. The fraction of sp³-hybridized carbons (Fsp3) is 0.625. The molecule has 1 aliphatic heterocycles. The monoisotopic (exact) mass is 170 g/mol. The van der Waals surface area contributed by atoms with Gasteiger partial charge in [0.15, 0.2) is 0 Å². The van der Waals surface area contributed by atoms with Gasteiger partial charge < -0.3 is 4.57 Å². The molecule has 2 heterocycles. The van der Waals surface area contributed by atoms with Gasteiger partial charge in [0.2, 0.25) is 0 Å². The minimum Gasteiger partial charge on any atom is -0.330 e.